The summed E-state index contributed by atoms with van der Waals surface area (Å²) >= 11 is 0. The predicted molar refractivity (Wildman–Crippen MR) is 52.9 cm³/mol. The second kappa shape index (κ2) is 5.88. The van der Waals surface area contributed by atoms with Crippen LogP contribution < -0.4 is 0 Å². The third-order valence-electron chi connectivity index (χ3n) is 2.42. The van der Waals surface area contributed by atoms with E-state index in [4.69, 9.17) is 20.0 Å². The summed E-state index contributed by atoms with van der Waals surface area (Å²) < 4.78 is 19.0. The van der Waals surface area contributed by atoms with Crippen molar-refractivity contribution < 1.29 is 49.1 Å². The molecule has 0 aromatic heterocycles. The predicted octanol–water partition coefficient (Wildman–Crippen LogP) is -3.74. The van der Waals surface area contributed by atoms with Crippen molar-refractivity contribution in [2.75, 3.05) is 6.61 Å². The maximum atomic E-state index is 10.4. The van der Waals surface area contributed by atoms with Crippen LogP contribution in [0, 0.1) is 0 Å². The van der Waals surface area contributed by atoms with Crippen molar-refractivity contribution in [3.05, 3.63) is 0 Å². The Kier molecular flexibility index (Phi) is 5.21. The molecule has 18 heavy (non-hydrogen) atoms. The van der Waals surface area contributed by atoms with Crippen LogP contribution in [0.5, 0.6) is 0 Å². The molecular formula is C7H15O10P. The topological polar surface area (TPSA) is 177 Å². The lowest BCUT2D eigenvalue weighted by Gasteiger charge is -2.40. The largest absolute Gasteiger partial charge is 0.469 e. The van der Waals surface area contributed by atoms with E-state index in [9.17, 15) is 19.9 Å². The molecule has 7 N–H and O–H groups in total. The van der Waals surface area contributed by atoms with Crippen LogP contribution in [0.25, 0.3) is 0 Å². The molecule has 3 unspecified atom stereocenters. The minimum atomic E-state index is -4.80. The Labute approximate surface area is 101 Å². The number of phosphoric acid groups is 1. The van der Waals surface area contributed by atoms with Gasteiger partial charge >= 0.3 is 7.82 Å². The standard InChI is InChI=1S/C7H15O10P/c8-2(1-16-18(13,14)15)6-4(10)3(9)5(11)7(12)17-6/h2-12H,1H2,(H2,13,14,15)/t2?,3-,4-,5-,6?,7?/m1/s1. The van der Waals surface area contributed by atoms with Gasteiger partial charge < -0.3 is 40.1 Å². The average Bonchev–Trinajstić information content (AvgIpc) is 2.27. The molecule has 1 aliphatic rings. The summed E-state index contributed by atoms with van der Waals surface area (Å²) in [6.45, 7) is -0.887. The molecule has 1 rings (SSSR count). The first-order valence-electron chi connectivity index (χ1n) is 4.89. The van der Waals surface area contributed by atoms with Crippen molar-refractivity contribution >= 4 is 7.82 Å². The quantitative estimate of drug-likeness (QED) is 0.254. The molecule has 1 fully saturated rings. The van der Waals surface area contributed by atoms with Gasteiger partial charge in [0.1, 0.15) is 30.5 Å². The highest BCUT2D eigenvalue weighted by Gasteiger charge is 2.46. The van der Waals surface area contributed by atoms with Crippen molar-refractivity contribution in [2.45, 2.75) is 36.8 Å². The molecule has 1 aliphatic heterocycles. The van der Waals surface area contributed by atoms with Crippen LogP contribution in [0.1, 0.15) is 0 Å². The van der Waals surface area contributed by atoms with Gasteiger partial charge in [0.25, 0.3) is 0 Å². The molecule has 0 bridgehead atoms. The summed E-state index contributed by atoms with van der Waals surface area (Å²) in [4.78, 5) is 16.8. The van der Waals surface area contributed by atoms with Crippen LogP contribution in [-0.2, 0) is 13.8 Å². The smallest absolute Gasteiger partial charge is 0.388 e. The fraction of sp³-hybridized carbons (Fsp3) is 1.00. The monoisotopic (exact) mass is 290 g/mol. The van der Waals surface area contributed by atoms with Gasteiger partial charge in [-0.15, -0.1) is 0 Å². The van der Waals surface area contributed by atoms with Crippen molar-refractivity contribution in [2.24, 2.45) is 0 Å². The maximum absolute atomic E-state index is 10.4. The van der Waals surface area contributed by atoms with Crippen LogP contribution in [-0.4, -0.2) is 78.7 Å². The zero-order valence-electron chi connectivity index (χ0n) is 8.97. The van der Waals surface area contributed by atoms with Crippen molar-refractivity contribution in [3.8, 4) is 0 Å². The third-order valence-corrected chi connectivity index (χ3v) is 2.90. The third kappa shape index (κ3) is 3.93. The molecule has 0 aromatic rings. The minimum Gasteiger partial charge on any atom is -0.388 e. The Morgan fingerprint density at radius 2 is 1.67 bits per heavy atom. The first-order valence-corrected chi connectivity index (χ1v) is 6.42. The Balaban J connectivity index is 2.62. The number of hydrogen-bond acceptors (Lipinski definition) is 8. The second-order valence-corrected chi connectivity index (χ2v) is 5.06. The Morgan fingerprint density at radius 3 is 2.17 bits per heavy atom. The van der Waals surface area contributed by atoms with Crippen LogP contribution in [0.4, 0.5) is 0 Å². The molecule has 0 saturated carbocycles. The number of aliphatic hydroxyl groups excluding tert-OH is 5. The first-order chi connectivity index (χ1) is 8.13. The van der Waals surface area contributed by atoms with Gasteiger partial charge in [-0.05, 0) is 0 Å². The maximum Gasteiger partial charge on any atom is 0.469 e. The molecule has 11 heteroatoms. The highest BCUT2D eigenvalue weighted by atomic mass is 31.2. The molecular weight excluding hydrogens is 275 g/mol. The summed E-state index contributed by atoms with van der Waals surface area (Å²) in [6, 6.07) is 0. The van der Waals surface area contributed by atoms with Crippen molar-refractivity contribution in [3.63, 3.8) is 0 Å². The first kappa shape index (κ1) is 15.9. The summed E-state index contributed by atoms with van der Waals surface area (Å²) in [5.74, 6) is 0. The Bertz CT molecular complexity index is 317. The normalized spacial score (nSPS) is 39.6. The molecule has 0 radical (unpaired) electrons. The van der Waals surface area contributed by atoms with Crippen LogP contribution in [0.2, 0.25) is 0 Å². The van der Waals surface area contributed by atoms with E-state index in [1.807, 2.05) is 0 Å². The SMILES string of the molecule is O=P(O)(O)OCC(O)C1OC(O)[C@H](O)[C@H](O)[C@H]1O. The molecule has 0 aliphatic carbocycles. The van der Waals surface area contributed by atoms with Crippen molar-refractivity contribution in [1.29, 1.82) is 0 Å². The zero-order valence-corrected chi connectivity index (χ0v) is 9.87. The average molecular weight is 290 g/mol. The summed E-state index contributed by atoms with van der Waals surface area (Å²) in [5.41, 5.74) is 0. The van der Waals surface area contributed by atoms with Gasteiger partial charge in [-0.1, -0.05) is 0 Å². The number of phosphoric ester groups is 1. The van der Waals surface area contributed by atoms with Gasteiger partial charge in [0.2, 0.25) is 0 Å². The second-order valence-electron chi connectivity index (χ2n) is 3.82. The summed E-state index contributed by atoms with van der Waals surface area (Å²) in [6.07, 6.45) is -10.4. The Morgan fingerprint density at radius 1 is 1.11 bits per heavy atom. The molecule has 0 amide bonds. The van der Waals surface area contributed by atoms with E-state index < -0.39 is 51.2 Å². The van der Waals surface area contributed by atoms with Gasteiger partial charge in [0, 0.05) is 0 Å². The highest BCUT2D eigenvalue weighted by molar-refractivity contribution is 7.46. The lowest BCUT2D eigenvalue weighted by atomic mass is 9.96. The van der Waals surface area contributed by atoms with Crippen molar-refractivity contribution in [1.82, 2.24) is 0 Å². The summed E-state index contributed by atoms with van der Waals surface area (Å²) in [5, 5.41) is 46.6. The lowest BCUT2D eigenvalue weighted by molar-refractivity contribution is -0.298. The van der Waals surface area contributed by atoms with E-state index in [1.165, 1.54) is 0 Å². The number of rotatable bonds is 4. The van der Waals surface area contributed by atoms with Crippen LogP contribution >= 0.6 is 7.82 Å². The van der Waals surface area contributed by atoms with Gasteiger partial charge in [-0.3, -0.25) is 4.52 Å². The number of aliphatic hydroxyl groups is 5. The van der Waals surface area contributed by atoms with E-state index in [0.717, 1.165) is 0 Å². The van der Waals surface area contributed by atoms with E-state index in [-0.39, 0.29) is 0 Å². The highest BCUT2D eigenvalue weighted by Crippen LogP contribution is 2.36. The molecule has 0 spiro atoms. The minimum absolute atomic E-state index is 0.887. The van der Waals surface area contributed by atoms with E-state index >= 15 is 0 Å². The fourth-order valence-electron chi connectivity index (χ4n) is 1.47. The zero-order chi connectivity index (χ0) is 14.1. The van der Waals surface area contributed by atoms with Gasteiger partial charge in [0.05, 0.1) is 6.61 Å². The fourth-order valence-corrected chi connectivity index (χ4v) is 1.82. The molecule has 6 atom stereocenters. The molecule has 0 aromatic carbocycles. The molecule has 10 nitrogen and oxygen atoms in total. The van der Waals surface area contributed by atoms with Crippen LogP contribution in [0.3, 0.4) is 0 Å². The Hall–Kier alpha value is -0.130. The van der Waals surface area contributed by atoms with Gasteiger partial charge in [0.15, 0.2) is 6.29 Å². The van der Waals surface area contributed by atoms with Crippen LogP contribution in [0.15, 0.2) is 0 Å². The molecule has 108 valence electrons. The number of hydrogen-bond donors (Lipinski definition) is 7. The van der Waals surface area contributed by atoms with E-state index in [2.05, 4.69) is 9.26 Å². The number of ether oxygens (including phenoxy) is 1. The van der Waals surface area contributed by atoms with Gasteiger partial charge in [-0.2, -0.15) is 0 Å². The molecule has 1 heterocycles. The van der Waals surface area contributed by atoms with Gasteiger partial charge in [-0.25, -0.2) is 4.57 Å². The van der Waals surface area contributed by atoms with E-state index in [1.54, 1.807) is 0 Å². The van der Waals surface area contributed by atoms with E-state index in [0.29, 0.717) is 0 Å². The summed E-state index contributed by atoms with van der Waals surface area (Å²) in [7, 11) is -4.80. The molecule has 1 saturated heterocycles. The lowest BCUT2D eigenvalue weighted by Crippen LogP contribution is -2.61.